The van der Waals surface area contributed by atoms with E-state index in [0.29, 0.717) is 16.9 Å². The van der Waals surface area contributed by atoms with E-state index in [4.69, 9.17) is 17.0 Å². The Bertz CT molecular complexity index is 575. The number of hydrogen-bond donors (Lipinski definition) is 3. The van der Waals surface area contributed by atoms with Crippen LogP contribution in [-0.4, -0.2) is 17.2 Å². The molecule has 0 bridgehead atoms. The number of aromatic amines is 1. The Morgan fingerprint density at radius 2 is 2.17 bits per heavy atom. The molecule has 2 aromatic rings. The van der Waals surface area contributed by atoms with E-state index in [1.54, 1.807) is 12.3 Å². The maximum absolute atomic E-state index is 9.92. The van der Waals surface area contributed by atoms with Gasteiger partial charge in [0.1, 0.15) is 4.64 Å². The van der Waals surface area contributed by atoms with E-state index in [1.165, 1.54) is 7.11 Å². The van der Waals surface area contributed by atoms with Gasteiger partial charge in [0.25, 0.3) is 0 Å². The molecule has 1 heterocycles. The van der Waals surface area contributed by atoms with E-state index in [2.05, 4.69) is 10.3 Å². The molecule has 0 atom stereocenters. The summed E-state index contributed by atoms with van der Waals surface area (Å²) in [5.74, 6) is 0.637. The number of anilines is 1. The van der Waals surface area contributed by atoms with Gasteiger partial charge in [-0.2, -0.15) is 0 Å². The molecule has 0 unspecified atom stereocenters. The van der Waals surface area contributed by atoms with Crippen molar-refractivity contribution in [3.05, 3.63) is 46.7 Å². The molecule has 0 saturated heterocycles. The Labute approximate surface area is 110 Å². The SMILES string of the molecule is COc1cccc(CNc2ccc(=S)[nH]c2)c1O. The summed E-state index contributed by atoms with van der Waals surface area (Å²) >= 11 is 4.96. The number of benzene rings is 1. The second-order valence-electron chi connectivity index (χ2n) is 3.76. The van der Waals surface area contributed by atoms with Gasteiger partial charge >= 0.3 is 0 Å². The molecule has 2 rings (SSSR count). The molecule has 94 valence electrons. The third-order valence-electron chi connectivity index (χ3n) is 2.57. The number of hydrogen-bond acceptors (Lipinski definition) is 4. The van der Waals surface area contributed by atoms with Crippen molar-refractivity contribution in [1.82, 2.24) is 4.98 Å². The first kappa shape index (κ1) is 12.4. The van der Waals surface area contributed by atoms with Crippen molar-refractivity contribution < 1.29 is 9.84 Å². The molecule has 1 aromatic heterocycles. The maximum Gasteiger partial charge on any atom is 0.162 e. The Balaban J connectivity index is 2.10. The lowest BCUT2D eigenvalue weighted by atomic mass is 10.2. The fraction of sp³-hybridized carbons (Fsp3) is 0.154. The van der Waals surface area contributed by atoms with Crippen LogP contribution in [0.2, 0.25) is 0 Å². The summed E-state index contributed by atoms with van der Waals surface area (Å²) in [5, 5.41) is 13.1. The Morgan fingerprint density at radius 3 is 2.83 bits per heavy atom. The number of rotatable bonds is 4. The lowest BCUT2D eigenvalue weighted by Gasteiger charge is -2.10. The van der Waals surface area contributed by atoms with Crippen molar-refractivity contribution in [3.8, 4) is 11.5 Å². The highest BCUT2D eigenvalue weighted by atomic mass is 32.1. The van der Waals surface area contributed by atoms with E-state index in [9.17, 15) is 5.11 Å². The summed E-state index contributed by atoms with van der Waals surface area (Å²) in [4.78, 5) is 2.94. The molecule has 18 heavy (non-hydrogen) atoms. The quantitative estimate of drug-likeness (QED) is 0.741. The number of methoxy groups -OCH3 is 1. The Hall–Kier alpha value is -2.01. The van der Waals surface area contributed by atoms with Crippen LogP contribution in [0.15, 0.2) is 36.5 Å². The molecule has 0 saturated carbocycles. The first-order valence-corrected chi connectivity index (χ1v) is 5.89. The van der Waals surface area contributed by atoms with Gasteiger partial charge in [-0.25, -0.2) is 0 Å². The molecule has 4 nitrogen and oxygen atoms in total. The molecule has 0 aliphatic heterocycles. The van der Waals surface area contributed by atoms with Crippen molar-refractivity contribution >= 4 is 17.9 Å². The molecule has 0 aliphatic carbocycles. The van der Waals surface area contributed by atoms with E-state index in [-0.39, 0.29) is 5.75 Å². The number of nitrogens with one attached hydrogen (secondary N) is 2. The van der Waals surface area contributed by atoms with Crippen LogP contribution in [0.3, 0.4) is 0 Å². The second kappa shape index (κ2) is 5.55. The summed E-state index contributed by atoms with van der Waals surface area (Å²) in [7, 11) is 1.53. The number of para-hydroxylation sites is 1. The standard InChI is InChI=1S/C13H14N2O2S/c1-17-11-4-2-3-9(13(11)16)7-14-10-5-6-12(18)15-8-10/h2-6,8,14,16H,7H2,1H3,(H,15,18). The van der Waals surface area contributed by atoms with Crippen molar-refractivity contribution in [1.29, 1.82) is 0 Å². The van der Waals surface area contributed by atoms with Gasteiger partial charge in [-0.3, -0.25) is 0 Å². The highest BCUT2D eigenvalue weighted by molar-refractivity contribution is 7.71. The van der Waals surface area contributed by atoms with Crippen LogP contribution in [0.5, 0.6) is 11.5 Å². The van der Waals surface area contributed by atoms with Gasteiger partial charge in [0.05, 0.1) is 12.8 Å². The average molecular weight is 262 g/mol. The Morgan fingerprint density at radius 1 is 1.33 bits per heavy atom. The number of aromatic hydroxyl groups is 1. The van der Waals surface area contributed by atoms with Crippen LogP contribution in [0.1, 0.15) is 5.56 Å². The van der Waals surface area contributed by atoms with Crippen LogP contribution >= 0.6 is 12.2 Å². The summed E-state index contributed by atoms with van der Waals surface area (Å²) in [6.45, 7) is 0.508. The molecule has 3 N–H and O–H groups in total. The minimum atomic E-state index is 0.163. The molecular weight excluding hydrogens is 248 g/mol. The number of pyridine rings is 1. The molecule has 5 heteroatoms. The van der Waals surface area contributed by atoms with E-state index < -0.39 is 0 Å². The first-order chi connectivity index (χ1) is 8.70. The van der Waals surface area contributed by atoms with E-state index >= 15 is 0 Å². The summed E-state index contributed by atoms with van der Waals surface area (Å²) in [6, 6.07) is 9.10. The number of ether oxygens (including phenoxy) is 1. The second-order valence-corrected chi connectivity index (χ2v) is 4.20. The van der Waals surface area contributed by atoms with Crippen LogP contribution in [0, 0.1) is 4.64 Å². The third kappa shape index (κ3) is 2.81. The predicted octanol–water partition coefficient (Wildman–Crippen LogP) is 3.07. The highest BCUT2D eigenvalue weighted by Gasteiger charge is 2.06. The zero-order valence-electron chi connectivity index (χ0n) is 9.93. The average Bonchev–Trinajstić information content (AvgIpc) is 2.39. The fourth-order valence-electron chi connectivity index (χ4n) is 1.59. The van der Waals surface area contributed by atoms with Crippen LogP contribution in [0.25, 0.3) is 0 Å². The smallest absolute Gasteiger partial charge is 0.162 e. The maximum atomic E-state index is 9.92. The first-order valence-electron chi connectivity index (χ1n) is 5.48. The zero-order valence-corrected chi connectivity index (χ0v) is 10.8. The van der Waals surface area contributed by atoms with Gasteiger partial charge in [-0.05, 0) is 18.2 Å². The zero-order chi connectivity index (χ0) is 13.0. The van der Waals surface area contributed by atoms with Gasteiger partial charge < -0.3 is 20.1 Å². The van der Waals surface area contributed by atoms with Gasteiger partial charge in [0.2, 0.25) is 0 Å². The molecule has 0 amide bonds. The number of phenolic OH excluding ortho intramolecular Hbond substituents is 1. The van der Waals surface area contributed by atoms with Crippen molar-refractivity contribution in [2.24, 2.45) is 0 Å². The van der Waals surface area contributed by atoms with Crippen molar-refractivity contribution in [3.63, 3.8) is 0 Å². The topological polar surface area (TPSA) is 57.3 Å². The van der Waals surface area contributed by atoms with Crippen LogP contribution in [-0.2, 0) is 6.54 Å². The van der Waals surface area contributed by atoms with Crippen molar-refractivity contribution in [2.45, 2.75) is 6.54 Å². The molecule has 1 aromatic carbocycles. The number of aromatic nitrogens is 1. The van der Waals surface area contributed by atoms with E-state index in [1.807, 2.05) is 24.3 Å². The number of H-pyrrole nitrogens is 1. The molecule has 0 aliphatic rings. The normalized spacial score (nSPS) is 10.1. The lowest BCUT2D eigenvalue weighted by molar-refractivity contribution is 0.371. The monoisotopic (exact) mass is 262 g/mol. The van der Waals surface area contributed by atoms with Gasteiger partial charge in [0, 0.05) is 18.3 Å². The third-order valence-corrected chi connectivity index (χ3v) is 2.82. The van der Waals surface area contributed by atoms with Crippen LogP contribution < -0.4 is 10.1 Å². The molecule has 0 radical (unpaired) electrons. The van der Waals surface area contributed by atoms with Crippen LogP contribution in [0.4, 0.5) is 5.69 Å². The Kier molecular flexibility index (Phi) is 3.84. The largest absolute Gasteiger partial charge is 0.504 e. The number of phenols is 1. The van der Waals surface area contributed by atoms with Crippen molar-refractivity contribution in [2.75, 3.05) is 12.4 Å². The van der Waals surface area contributed by atoms with Gasteiger partial charge in [0.15, 0.2) is 11.5 Å². The fourth-order valence-corrected chi connectivity index (χ4v) is 1.72. The predicted molar refractivity (Wildman–Crippen MR) is 73.6 cm³/mol. The summed E-state index contributed by atoms with van der Waals surface area (Å²) in [6.07, 6.45) is 1.79. The highest BCUT2D eigenvalue weighted by Crippen LogP contribution is 2.29. The molecule has 0 fully saturated rings. The van der Waals surface area contributed by atoms with E-state index in [0.717, 1.165) is 11.3 Å². The minimum Gasteiger partial charge on any atom is -0.504 e. The summed E-state index contributed by atoms with van der Waals surface area (Å²) in [5.41, 5.74) is 1.68. The lowest BCUT2D eigenvalue weighted by Crippen LogP contribution is -2.00. The molecular formula is C13H14N2O2S. The van der Waals surface area contributed by atoms with Gasteiger partial charge in [-0.1, -0.05) is 24.4 Å². The molecule has 0 spiro atoms. The minimum absolute atomic E-state index is 0.163. The summed E-state index contributed by atoms with van der Waals surface area (Å²) < 4.78 is 5.74. The van der Waals surface area contributed by atoms with Gasteiger partial charge in [-0.15, -0.1) is 0 Å².